The molecule has 0 radical (unpaired) electrons. The minimum atomic E-state index is -0.174. The smallest absolute Gasteiger partial charge is 0.273 e. The van der Waals surface area contributed by atoms with E-state index in [0.717, 1.165) is 44.3 Å². The maximum atomic E-state index is 13.4. The van der Waals surface area contributed by atoms with Crippen LogP contribution in [0.3, 0.4) is 0 Å². The van der Waals surface area contributed by atoms with Crippen LogP contribution in [0.2, 0.25) is 0 Å². The molecule has 1 aromatic carbocycles. The van der Waals surface area contributed by atoms with E-state index in [0.29, 0.717) is 23.1 Å². The molecule has 2 fully saturated rings. The summed E-state index contributed by atoms with van der Waals surface area (Å²) in [5, 5.41) is 2.45. The van der Waals surface area contributed by atoms with Crippen molar-refractivity contribution in [2.24, 2.45) is 0 Å². The molecule has 28 heavy (non-hydrogen) atoms. The lowest BCUT2D eigenvalue weighted by molar-refractivity contribution is 0.0720. The van der Waals surface area contributed by atoms with Gasteiger partial charge in [0.1, 0.15) is 11.5 Å². The molecule has 7 heteroatoms. The molecule has 3 aromatic rings. The van der Waals surface area contributed by atoms with Gasteiger partial charge in [0.25, 0.3) is 11.5 Å². The average molecular weight is 395 g/mol. The van der Waals surface area contributed by atoms with E-state index < -0.39 is 0 Å². The first-order valence-electron chi connectivity index (χ1n) is 9.94. The van der Waals surface area contributed by atoms with Crippen LogP contribution < -0.4 is 5.56 Å². The number of thiazole rings is 1. The van der Waals surface area contributed by atoms with Gasteiger partial charge in [-0.1, -0.05) is 25.0 Å². The number of rotatable bonds is 3. The third-order valence-corrected chi connectivity index (χ3v) is 6.57. The van der Waals surface area contributed by atoms with Crippen LogP contribution in [-0.2, 0) is 0 Å². The lowest BCUT2D eigenvalue weighted by Crippen LogP contribution is -2.36. The van der Waals surface area contributed by atoms with Crippen LogP contribution in [0, 0.1) is 0 Å². The van der Waals surface area contributed by atoms with E-state index >= 15 is 0 Å². The van der Waals surface area contributed by atoms with Gasteiger partial charge in [0, 0.05) is 18.0 Å². The van der Waals surface area contributed by atoms with Crippen molar-refractivity contribution in [3.8, 4) is 0 Å². The number of nitrogens with zero attached hydrogens (tertiary/aromatic N) is 4. The number of hydrogen-bond donors (Lipinski definition) is 0. The van der Waals surface area contributed by atoms with Crippen LogP contribution in [0.5, 0.6) is 0 Å². The fraction of sp³-hybridized carbons (Fsp3) is 0.429. The highest BCUT2D eigenvalue weighted by Crippen LogP contribution is 2.36. The number of benzene rings is 1. The predicted molar refractivity (Wildman–Crippen MR) is 109 cm³/mol. The number of likely N-dealkylation sites (tertiary alicyclic amines) is 1. The van der Waals surface area contributed by atoms with Crippen molar-refractivity contribution in [2.75, 3.05) is 6.54 Å². The van der Waals surface area contributed by atoms with Crippen molar-refractivity contribution in [3.63, 3.8) is 0 Å². The first-order valence-corrected chi connectivity index (χ1v) is 10.9. The first-order chi connectivity index (χ1) is 13.7. The maximum absolute atomic E-state index is 13.4. The summed E-state index contributed by atoms with van der Waals surface area (Å²) in [7, 11) is 0. The summed E-state index contributed by atoms with van der Waals surface area (Å²) in [6.07, 6.45) is 6.01. The summed E-state index contributed by atoms with van der Waals surface area (Å²) in [5.74, 6) is 0.681. The van der Waals surface area contributed by atoms with Gasteiger partial charge in [0.05, 0.1) is 22.5 Å². The number of carbonyl (C=O) groups is 1. The molecule has 1 unspecified atom stereocenters. The number of amides is 1. The zero-order valence-corrected chi connectivity index (χ0v) is 16.4. The van der Waals surface area contributed by atoms with E-state index in [2.05, 4.69) is 4.98 Å². The highest BCUT2D eigenvalue weighted by molar-refractivity contribution is 7.07. The Morgan fingerprint density at radius 2 is 1.93 bits per heavy atom. The Kier molecular flexibility index (Phi) is 4.47. The Morgan fingerprint density at radius 3 is 2.71 bits per heavy atom. The minimum absolute atomic E-state index is 0.0282. The van der Waals surface area contributed by atoms with Gasteiger partial charge in [0.2, 0.25) is 0 Å². The summed E-state index contributed by atoms with van der Waals surface area (Å²) in [6, 6.07) is 7.54. The van der Waals surface area contributed by atoms with Crippen LogP contribution in [0.15, 0.2) is 40.0 Å². The topological polar surface area (TPSA) is 68.1 Å². The molecule has 1 atom stereocenters. The molecular formula is C21H22N4O2S. The molecule has 1 saturated carbocycles. The second kappa shape index (κ2) is 7.13. The standard InChI is InChI=1S/C21H22N4O2S/c26-20-15-8-3-4-9-16(15)23-19(25(20)14-6-1-2-7-14)18-10-5-11-24(18)21(27)17-12-28-13-22-17/h3-4,8-9,12-14,18H,1-2,5-7,10-11H2. The molecule has 0 N–H and O–H groups in total. The lowest BCUT2D eigenvalue weighted by atomic mass is 10.1. The van der Waals surface area contributed by atoms with Crippen LogP contribution in [-0.4, -0.2) is 31.9 Å². The quantitative estimate of drug-likeness (QED) is 0.675. The first kappa shape index (κ1) is 17.6. The molecule has 1 saturated heterocycles. The molecule has 2 aliphatic rings. The second-order valence-corrected chi connectivity index (χ2v) is 8.35. The van der Waals surface area contributed by atoms with Crippen LogP contribution >= 0.6 is 11.3 Å². The van der Waals surface area contributed by atoms with Gasteiger partial charge >= 0.3 is 0 Å². The Labute approximate surface area is 166 Å². The van der Waals surface area contributed by atoms with Gasteiger partial charge in [0.15, 0.2) is 0 Å². The molecule has 5 rings (SSSR count). The fourth-order valence-electron chi connectivity index (χ4n) is 4.66. The average Bonchev–Trinajstić information content (AvgIpc) is 3.49. The van der Waals surface area contributed by atoms with E-state index in [1.165, 1.54) is 11.3 Å². The van der Waals surface area contributed by atoms with Crippen molar-refractivity contribution in [1.29, 1.82) is 0 Å². The Morgan fingerprint density at radius 1 is 1.11 bits per heavy atom. The Hall–Kier alpha value is -2.54. The zero-order chi connectivity index (χ0) is 19.1. The highest BCUT2D eigenvalue weighted by Gasteiger charge is 2.36. The molecule has 6 nitrogen and oxygen atoms in total. The molecule has 1 amide bonds. The van der Waals surface area contributed by atoms with Gasteiger partial charge in [-0.15, -0.1) is 11.3 Å². The van der Waals surface area contributed by atoms with Crippen LogP contribution in [0.25, 0.3) is 10.9 Å². The predicted octanol–water partition coefficient (Wildman–Crippen LogP) is 3.95. The van der Waals surface area contributed by atoms with Gasteiger partial charge in [-0.3, -0.25) is 14.2 Å². The summed E-state index contributed by atoms with van der Waals surface area (Å²) in [4.78, 5) is 37.4. The largest absolute Gasteiger partial charge is 0.327 e. The third kappa shape index (κ3) is 2.85. The second-order valence-electron chi connectivity index (χ2n) is 7.63. The Bertz CT molecular complexity index is 1070. The normalized spacial score (nSPS) is 20.3. The van der Waals surface area contributed by atoms with Crippen LogP contribution in [0.1, 0.15) is 66.9 Å². The van der Waals surface area contributed by atoms with Gasteiger partial charge in [-0.05, 0) is 37.8 Å². The molecule has 2 aromatic heterocycles. The van der Waals surface area contributed by atoms with Crippen molar-refractivity contribution < 1.29 is 4.79 Å². The van der Waals surface area contributed by atoms with Gasteiger partial charge in [-0.25, -0.2) is 9.97 Å². The van der Waals surface area contributed by atoms with E-state index in [1.54, 1.807) is 10.9 Å². The third-order valence-electron chi connectivity index (χ3n) is 5.99. The van der Waals surface area contributed by atoms with E-state index in [1.807, 2.05) is 33.7 Å². The summed E-state index contributed by atoms with van der Waals surface area (Å²) >= 11 is 1.42. The summed E-state index contributed by atoms with van der Waals surface area (Å²) in [5.41, 5.74) is 2.90. The molecular weight excluding hydrogens is 372 g/mol. The molecule has 1 aliphatic heterocycles. The molecule has 3 heterocycles. The number of carbonyl (C=O) groups excluding carboxylic acids is 1. The van der Waals surface area contributed by atoms with Crippen molar-refractivity contribution in [3.05, 3.63) is 57.0 Å². The minimum Gasteiger partial charge on any atom is -0.327 e. The Balaban J connectivity index is 1.65. The van der Waals surface area contributed by atoms with Gasteiger partial charge in [-0.2, -0.15) is 0 Å². The van der Waals surface area contributed by atoms with Crippen molar-refractivity contribution >= 4 is 28.1 Å². The molecule has 0 spiro atoms. The maximum Gasteiger partial charge on any atom is 0.273 e. The lowest BCUT2D eigenvalue weighted by Gasteiger charge is -2.28. The number of para-hydroxylation sites is 1. The van der Waals surface area contributed by atoms with Gasteiger partial charge < -0.3 is 4.90 Å². The summed E-state index contributed by atoms with van der Waals surface area (Å²) < 4.78 is 1.91. The SMILES string of the molecule is O=C(c1cscn1)N1CCCC1c1nc2ccccc2c(=O)n1C1CCCC1. The zero-order valence-electron chi connectivity index (χ0n) is 15.6. The monoisotopic (exact) mass is 394 g/mol. The van der Waals surface area contributed by atoms with E-state index in [4.69, 9.17) is 4.98 Å². The summed E-state index contributed by atoms with van der Waals surface area (Å²) in [6.45, 7) is 0.675. The molecule has 1 aliphatic carbocycles. The fourth-order valence-corrected chi connectivity index (χ4v) is 5.18. The number of fused-ring (bicyclic) bond motifs is 1. The highest BCUT2D eigenvalue weighted by atomic mass is 32.1. The van der Waals surface area contributed by atoms with Crippen molar-refractivity contribution in [1.82, 2.24) is 19.4 Å². The number of hydrogen-bond acceptors (Lipinski definition) is 5. The molecule has 0 bridgehead atoms. The van der Waals surface area contributed by atoms with E-state index in [9.17, 15) is 9.59 Å². The molecule has 144 valence electrons. The van der Waals surface area contributed by atoms with E-state index in [-0.39, 0.29) is 23.6 Å². The van der Waals surface area contributed by atoms with Crippen molar-refractivity contribution in [2.45, 2.75) is 50.6 Å². The van der Waals surface area contributed by atoms with Crippen LogP contribution in [0.4, 0.5) is 0 Å². The number of aromatic nitrogens is 3.